The van der Waals surface area contributed by atoms with Gasteiger partial charge in [0, 0.05) is 11.5 Å². The Bertz CT molecular complexity index is 648. The Morgan fingerprint density at radius 3 is 2.81 bits per heavy atom. The van der Waals surface area contributed by atoms with E-state index in [1.165, 1.54) is 12.8 Å². The van der Waals surface area contributed by atoms with Gasteiger partial charge in [0.25, 0.3) is 0 Å². The Balaban J connectivity index is 2.14. The molecule has 1 heterocycles. The number of hydrogen-bond acceptors (Lipinski definition) is 4. The second-order valence-corrected chi connectivity index (χ2v) is 6.03. The molecular formula is C17H22N2O2. The van der Waals surface area contributed by atoms with Gasteiger partial charge >= 0.3 is 0 Å². The Kier molecular flexibility index (Phi) is 3.62. The largest absolute Gasteiger partial charge is 0.496 e. The summed E-state index contributed by atoms with van der Waals surface area (Å²) in [7, 11) is 1.68. The van der Waals surface area contributed by atoms with Crippen molar-refractivity contribution < 1.29 is 9.26 Å². The number of rotatable bonds is 3. The molecular weight excluding hydrogens is 264 g/mol. The lowest BCUT2D eigenvalue weighted by atomic mass is 9.90. The van der Waals surface area contributed by atoms with E-state index in [2.05, 4.69) is 25.1 Å². The lowest BCUT2D eigenvalue weighted by Crippen LogP contribution is -2.03. The number of nitrogens with zero attached hydrogens (tertiary/aromatic N) is 1. The van der Waals surface area contributed by atoms with Crippen molar-refractivity contribution in [2.45, 2.75) is 39.0 Å². The number of nitrogens with two attached hydrogens (primary N) is 1. The first kappa shape index (κ1) is 14.0. The number of ether oxygens (including phenoxy) is 1. The Labute approximate surface area is 125 Å². The number of nitrogen functional groups attached to an aromatic ring is 1. The number of aryl methyl sites for hydroxylation is 1. The van der Waals surface area contributed by atoms with Crippen LogP contribution in [-0.2, 0) is 0 Å². The lowest BCUT2D eigenvalue weighted by molar-refractivity contribution is 0.341. The molecule has 0 bridgehead atoms. The van der Waals surface area contributed by atoms with Gasteiger partial charge in [0.1, 0.15) is 11.5 Å². The summed E-state index contributed by atoms with van der Waals surface area (Å²) in [5.41, 5.74) is 9.15. The molecule has 2 aromatic rings. The molecule has 3 rings (SSSR count). The van der Waals surface area contributed by atoms with Gasteiger partial charge in [0.15, 0.2) is 5.82 Å². The van der Waals surface area contributed by atoms with Gasteiger partial charge < -0.3 is 15.0 Å². The highest BCUT2D eigenvalue weighted by Gasteiger charge is 2.32. The molecule has 1 aromatic heterocycles. The van der Waals surface area contributed by atoms with Crippen molar-refractivity contribution in [3.8, 4) is 16.9 Å². The van der Waals surface area contributed by atoms with Crippen molar-refractivity contribution in [2.75, 3.05) is 12.8 Å². The molecule has 1 aliphatic rings. The molecule has 2 unspecified atom stereocenters. The second kappa shape index (κ2) is 5.43. The van der Waals surface area contributed by atoms with Crippen LogP contribution in [0, 0.1) is 12.8 Å². The molecule has 4 nitrogen and oxygen atoms in total. The van der Waals surface area contributed by atoms with Crippen LogP contribution in [0.3, 0.4) is 0 Å². The maximum Gasteiger partial charge on any atom is 0.175 e. The first-order chi connectivity index (χ1) is 10.1. The summed E-state index contributed by atoms with van der Waals surface area (Å²) in [5, 5.41) is 4.02. The van der Waals surface area contributed by atoms with Crippen molar-refractivity contribution >= 4 is 5.82 Å². The highest BCUT2D eigenvalue weighted by molar-refractivity contribution is 5.81. The predicted molar refractivity (Wildman–Crippen MR) is 83.4 cm³/mol. The molecule has 21 heavy (non-hydrogen) atoms. The van der Waals surface area contributed by atoms with Crippen molar-refractivity contribution in [3.05, 3.63) is 29.5 Å². The van der Waals surface area contributed by atoms with Gasteiger partial charge in [-0.15, -0.1) is 0 Å². The van der Waals surface area contributed by atoms with E-state index in [0.29, 0.717) is 17.7 Å². The summed E-state index contributed by atoms with van der Waals surface area (Å²) in [6.07, 6.45) is 3.60. The molecule has 1 fully saturated rings. The average molecular weight is 286 g/mol. The van der Waals surface area contributed by atoms with E-state index in [1.807, 2.05) is 12.1 Å². The van der Waals surface area contributed by atoms with Crippen LogP contribution in [0.4, 0.5) is 5.82 Å². The third-order valence-corrected chi connectivity index (χ3v) is 4.57. The molecule has 0 amide bonds. The Morgan fingerprint density at radius 1 is 1.33 bits per heavy atom. The van der Waals surface area contributed by atoms with Crippen LogP contribution in [0.15, 0.2) is 22.7 Å². The fraction of sp³-hybridized carbons (Fsp3) is 0.471. The van der Waals surface area contributed by atoms with E-state index >= 15 is 0 Å². The minimum Gasteiger partial charge on any atom is -0.496 e. The van der Waals surface area contributed by atoms with Gasteiger partial charge in [-0.1, -0.05) is 30.1 Å². The number of hydrogen-bond donors (Lipinski definition) is 1. The molecule has 0 saturated heterocycles. The topological polar surface area (TPSA) is 61.3 Å². The van der Waals surface area contributed by atoms with Crippen molar-refractivity contribution in [1.29, 1.82) is 0 Å². The smallest absolute Gasteiger partial charge is 0.175 e. The zero-order chi connectivity index (χ0) is 15.0. The highest BCUT2D eigenvalue weighted by Crippen LogP contribution is 2.46. The molecule has 0 spiro atoms. The Hall–Kier alpha value is -1.97. The standard InChI is InChI=1S/C17H22N2O2/c1-10-7-8-14(20-3)13(9-10)15-16(21-19-17(15)18)12-6-4-5-11(12)2/h7-9,11-12H,4-6H2,1-3H3,(H2,18,19). The van der Waals surface area contributed by atoms with Crippen LogP contribution >= 0.6 is 0 Å². The van der Waals surface area contributed by atoms with Crippen LogP contribution < -0.4 is 10.5 Å². The van der Waals surface area contributed by atoms with Gasteiger partial charge in [0.2, 0.25) is 0 Å². The second-order valence-electron chi connectivity index (χ2n) is 6.03. The molecule has 1 aromatic carbocycles. The minimum absolute atomic E-state index is 0.398. The molecule has 112 valence electrons. The number of methoxy groups -OCH3 is 1. The fourth-order valence-corrected chi connectivity index (χ4v) is 3.39. The molecule has 1 saturated carbocycles. The van der Waals surface area contributed by atoms with Crippen LogP contribution in [0.25, 0.3) is 11.1 Å². The third kappa shape index (κ3) is 2.39. The quantitative estimate of drug-likeness (QED) is 0.921. The monoisotopic (exact) mass is 286 g/mol. The number of anilines is 1. The Morgan fingerprint density at radius 2 is 2.14 bits per heavy atom. The van der Waals surface area contributed by atoms with Crippen molar-refractivity contribution in [3.63, 3.8) is 0 Å². The maximum atomic E-state index is 6.10. The minimum atomic E-state index is 0.398. The maximum absolute atomic E-state index is 6.10. The van der Waals surface area contributed by atoms with Crippen molar-refractivity contribution in [1.82, 2.24) is 5.16 Å². The van der Waals surface area contributed by atoms with Crippen LogP contribution in [0.5, 0.6) is 5.75 Å². The van der Waals surface area contributed by atoms with Crippen molar-refractivity contribution in [2.24, 2.45) is 5.92 Å². The van der Waals surface area contributed by atoms with Gasteiger partial charge in [0.05, 0.1) is 12.7 Å². The molecule has 0 aliphatic heterocycles. The van der Waals surface area contributed by atoms with Gasteiger partial charge in [-0.2, -0.15) is 0 Å². The lowest BCUT2D eigenvalue weighted by Gasteiger charge is -2.15. The molecule has 2 N–H and O–H groups in total. The summed E-state index contributed by atoms with van der Waals surface area (Å²) in [4.78, 5) is 0. The normalized spacial score (nSPS) is 21.7. The average Bonchev–Trinajstić information content (AvgIpc) is 3.04. The first-order valence-electron chi connectivity index (χ1n) is 7.52. The summed E-state index contributed by atoms with van der Waals surface area (Å²) in [6, 6.07) is 6.09. The summed E-state index contributed by atoms with van der Waals surface area (Å²) in [6.45, 7) is 4.33. The highest BCUT2D eigenvalue weighted by atomic mass is 16.5. The number of aromatic nitrogens is 1. The van der Waals surface area contributed by atoms with Gasteiger partial charge in [-0.05, 0) is 37.8 Å². The number of benzene rings is 1. The van der Waals surface area contributed by atoms with Gasteiger partial charge in [-0.3, -0.25) is 0 Å². The van der Waals surface area contributed by atoms with E-state index in [4.69, 9.17) is 15.0 Å². The van der Waals surface area contributed by atoms with E-state index in [1.54, 1.807) is 7.11 Å². The van der Waals surface area contributed by atoms with Crippen LogP contribution in [-0.4, -0.2) is 12.3 Å². The van der Waals surface area contributed by atoms with E-state index in [9.17, 15) is 0 Å². The summed E-state index contributed by atoms with van der Waals surface area (Å²) in [5.74, 6) is 3.18. The van der Waals surface area contributed by atoms with E-state index in [0.717, 1.165) is 34.6 Å². The summed E-state index contributed by atoms with van der Waals surface area (Å²) >= 11 is 0. The van der Waals surface area contributed by atoms with Gasteiger partial charge in [-0.25, -0.2) is 0 Å². The predicted octanol–water partition coefficient (Wildman–Crippen LogP) is 4.14. The zero-order valence-corrected chi connectivity index (χ0v) is 12.8. The van der Waals surface area contributed by atoms with E-state index < -0.39 is 0 Å². The first-order valence-corrected chi connectivity index (χ1v) is 7.52. The SMILES string of the molecule is COc1ccc(C)cc1-c1c(N)noc1C1CCCC1C. The van der Waals surface area contributed by atoms with E-state index in [-0.39, 0.29) is 0 Å². The molecule has 1 aliphatic carbocycles. The third-order valence-electron chi connectivity index (χ3n) is 4.57. The molecule has 2 atom stereocenters. The van der Waals surface area contributed by atoms with Crippen LogP contribution in [0.2, 0.25) is 0 Å². The fourth-order valence-electron chi connectivity index (χ4n) is 3.39. The zero-order valence-electron chi connectivity index (χ0n) is 12.8. The molecule has 4 heteroatoms. The molecule has 0 radical (unpaired) electrons. The van der Waals surface area contributed by atoms with Crippen LogP contribution in [0.1, 0.15) is 43.4 Å². The summed E-state index contributed by atoms with van der Waals surface area (Å²) < 4.78 is 11.1.